The largest absolute Gasteiger partial charge is 0.378 e. The highest BCUT2D eigenvalue weighted by atomic mass is 16.5. The minimum absolute atomic E-state index is 0.497. The van der Waals surface area contributed by atoms with Gasteiger partial charge < -0.3 is 10.1 Å². The van der Waals surface area contributed by atoms with Crippen molar-refractivity contribution in [2.45, 2.75) is 63.5 Å². The Kier molecular flexibility index (Phi) is 5.10. The zero-order chi connectivity index (χ0) is 13.6. The predicted octanol–water partition coefficient (Wildman–Crippen LogP) is 4.00. The van der Waals surface area contributed by atoms with Gasteiger partial charge in [-0.1, -0.05) is 30.7 Å². The second kappa shape index (κ2) is 7.24. The fourth-order valence-electron chi connectivity index (χ4n) is 3.59. The Morgan fingerprint density at radius 3 is 2.85 bits per heavy atom. The Morgan fingerprint density at radius 1 is 1.05 bits per heavy atom. The summed E-state index contributed by atoms with van der Waals surface area (Å²) in [5.41, 5.74) is 3.09. The molecule has 1 aliphatic carbocycles. The second-order valence-electron chi connectivity index (χ2n) is 6.23. The molecule has 2 atom stereocenters. The van der Waals surface area contributed by atoms with E-state index in [4.69, 9.17) is 4.74 Å². The van der Waals surface area contributed by atoms with E-state index in [9.17, 15) is 0 Å². The average Bonchev–Trinajstić information content (AvgIpc) is 2.71. The van der Waals surface area contributed by atoms with Crippen molar-refractivity contribution in [3.8, 4) is 0 Å². The van der Waals surface area contributed by atoms with Crippen LogP contribution in [0.25, 0.3) is 0 Å². The first kappa shape index (κ1) is 14.1. The molecule has 0 saturated carbocycles. The Bertz CT molecular complexity index is 412. The Labute approximate surface area is 122 Å². The van der Waals surface area contributed by atoms with Crippen molar-refractivity contribution in [1.82, 2.24) is 5.32 Å². The van der Waals surface area contributed by atoms with E-state index in [1.807, 2.05) is 0 Å². The molecule has 1 aliphatic heterocycles. The lowest BCUT2D eigenvalue weighted by Gasteiger charge is -2.24. The van der Waals surface area contributed by atoms with Gasteiger partial charge in [0.25, 0.3) is 0 Å². The van der Waals surface area contributed by atoms with Crippen molar-refractivity contribution in [2.24, 2.45) is 0 Å². The van der Waals surface area contributed by atoms with Gasteiger partial charge in [0.2, 0.25) is 0 Å². The van der Waals surface area contributed by atoms with E-state index >= 15 is 0 Å². The van der Waals surface area contributed by atoms with Crippen molar-refractivity contribution < 1.29 is 4.74 Å². The summed E-state index contributed by atoms with van der Waals surface area (Å²) >= 11 is 0. The maximum absolute atomic E-state index is 5.82. The number of aryl methyl sites for hydroxylation is 1. The van der Waals surface area contributed by atoms with Crippen LogP contribution in [0, 0.1) is 0 Å². The monoisotopic (exact) mass is 273 g/mol. The summed E-state index contributed by atoms with van der Waals surface area (Å²) in [5, 5.41) is 3.79. The van der Waals surface area contributed by atoms with Gasteiger partial charge in [-0.2, -0.15) is 0 Å². The minimum atomic E-state index is 0.497. The molecular formula is C18H27NO. The number of fused-ring (bicyclic) bond motifs is 1. The van der Waals surface area contributed by atoms with Crippen LogP contribution in [0.3, 0.4) is 0 Å². The molecule has 1 aromatic rings. The van der Waals surface area contributed by atoms with Crippen LogP contribution in [-0.4, -0.2) is 19.3 Å². The highest BCUT2D eigenvalue weighted by molar-refractivity contribution is 5.31. The summed E-state index contributed by atoms with van der Waals surface area (Å²) < 4.78 is 5.82. The Hall–Kier alpha value is -0.860. The average molecular weight is 273 g/mol. The molecule has 1 saturated heterocycles. The normalized spacial score (nSPS) is 26.8. The third kappa shape index (κ3) is 3.62. The molecule has 1 aromatic carbocycles. The molecule has 0 bridgehead atoms. The number of rotatable bonds is 4. The number of benzene rings is 1. The van der Waals surface area contributed by atoms with E-state index in [1.54, 1.807) is 5.56 Å². The highest BCUT2D eigenvalue weighted by Gasteiger charge is 2.19. The first-order valence-corrected chi connectivity index (χ1v) is 8.36. The highest BCUT2D eigenvalue weighted by Crippen LogP contribution is 2.28. The van der Waals surface area contributed by atoms with Gasteiger partial charge in [-0.25, -0.2) is 0 Å². The molecule has 20 heavy (non-hydrogen) atoms. The molecule has 0 radical (unpaired) electrons. The third-order valence-electron chi connectivity index (χ3n) is 4.75. The van der Waals surface area contributed by atoms with Gasteiger partial charge in [-0.15, -0.1) is 0 Å². The molecule has 1 N–H and O–H groups in total. The van der Waals surface area contributed by atoms with Crippen LogP contribution in [0.1, 0.15) is 62.1 Å². The molecule has 2 heteroatoms. The summed E-state index contributed by atoms with van der Waals surface area (Å²) in [5.74, 6) is 0. The van der Waals surface area contributed by atoms with Gasteiger partial charge in [-0.3, -0.25) is 0 Å². The zero-order valence-corrected chi connectivity index (χ0v) is 12.4. The van der Waals surface area contributed by atoms with E-state index in [1.165, 1.54) is 56.9 Å². The molecule has 2 nitrogen and oxygen atoms in total. The number of hydrogen-bond donors (Lipinski definition) is 1. The molecule has 1 fully saturated rings. The summed E-state index contributed by atoms with van der Waals surface area (Å²) in [6, 6.07) is 9.53. The third-order valence-corrected chi connectivity index (χ3v) is 4.75. The Morgan fingerprint density at radius 2 is 1.95 bits per heavy atom. The summed E-state index contributed by atoms with van der Waals surface area (Å²) in [7, 11) is 0. The van der Waals surface area contributed by atoms with Gasteiger partial charge in [0, 0.05) is 12.6 Å². The molecule has 2 unspecified atom stereocenters. The fourth-order valence-corrected chi connectivity index (χ4v) is 3.59. The van der Waals surface area contributed by atoms with Crippen LogP contribution < -0.4 is 5.32 Å². The molecule has 1 heterocycles. The lowest BCUT2D eigenvalue weighted by Crippen LogP contribution is -2.28. The molecule has 110 valence electrons. The lowest BCUT2D eigenvalue weighted by molar-refractivity contribution is 0.0111. The molecule has 0 spiro atoms. The van der Waals surface area contributed by atoms with Gasteiger partial charge in [0.1, 0.15) is 0 Å². The Balaban J connectivity index is 1.54. The summed E-state index contributed by atoms with van der Waals surface area (Å²) in [4.78, 5) is 0. The van der Waals surface area contributed by atoms with Crippen LogP contribution in [-0.2, 0) is 11.2 Å². The van der Waals surface area contributed by atoms with Crippen LogP contribution in [0.15, 0.2) is 24.3 Å². The van der Waals surface area contributed by atoms with Crippen molar-refractivity contribution in [1.29, 1.82) is 0 Å². The standard InChI is InChI=1S/C18H27NO/c1-3-10-17-15(7-1)8-2-4-11-18(17)19-13-12-16-9-5-6-14-20-16/h1,3,7,10,16,18-19H,2,4-6,8-9,11-14H2. The molecule has 0 amide bonds. The predicted molar refractivity (Wildman–Crippen MR) is 82.9 cm³/mol. The van der Waals surface area contributed by atoms with Gasteiger partial charge >= 0.3 is 0 Å². The van der Waals surface area contributed by atoms with Crippen LogP contribution >= 0.6 is 0 Å². The summed E-state index contributed by atoms with van der Waals surface area (Å²) in [6.45, 7) is 2.06. The van der Waals surface area contributed by atoms with E-state index in [0.717, 1.165) is 13.2 Å². The van der Waals surface area contributed by atoms with Gasteiger partial charge in [0.05, 0.1) is 6.10 Å². The fraction of sp³-hybridized carbons (Fsp3) is 0.667. The molecule has 2 aliphatic rings. The number of ether oxygens (including phenoxy) is 1. The SMILES string of the molecule is c1ccc2c(c1)CCCCC2NCCC1CCCCO1. The van der Waals surface area contributed by atoms with Gasteiger partial charge in [-0.05, 0) is 62.6 Å². The molecular weight excluding hydrogens is 246 g/mol. The first-order chi connectivity index (χ1) is 9.93. The topological polar surface area (TPSA) is 21.3 Å². The minimum Gasteiger partial charge on any atom is -0.378 e. The number of hydrogen-bond acceptors (Lipinski definition) is 2. The van der Waals surface area contributed by atoms with Crippen molar-refractivity contribution in [3.05, 3.63) is 35.4 Å². The maximum Gasteiger partial charge on any atom is 0.0587 e. The molecule has 3 rings (SSSR count). The first-order valence-electron chi connectivity index (χ1n) is 8.36. The van der Waals surface area contributed by atoms with Gasteiger partial charge in [0.15, 0.2) is 0 Å². The summed E-state index contributed by atoms with van der Waals surface area (Å²) in [6.07, 6.45) is 10.7. The number of nitrogens with one attached hydrogen (secondary N) is 1. The lowest BCUT2D eigenvalue weighted by atomic mass is 9.99. The smallest absolute Gasteiger partial charge is 0.0587 e. The maximum atomic E-state index is 5.82. The van der Waals surface area contributed by atoms with Crippen molar-refractivity contribution in [2.75, 3.05) is 13.2 Å². The van der Waals surface area contributed by atoms with Crippen LogP contribution in [0.2, 0.25) is 0 Å². The van der Waals surface area contributed by atoms with Crippen LogP contribution in [0.4, 0.5) is 0 Å². The quantitative estimate of drug-likeness (QED) is 0.837. The van der Waals surface area contributed by atoms with E-state index in [0.29, 0.717) is 12.1 Å². The van der Waals surface area contributed by atoms with E-state index in [2.05, 4.69) is 29.6 Å². The second-order valence-corrected chi connectivity index (χ2v) is 6.23. The van der Waals surface area contributed by atoms with E-state index < -0.39 is 0 Å². The zero-order valence-electron chi connectivity index (χ0n) is 12.4. The van der Waals surface area contributed by atoms with Crippen molar-refractivity contribution in [3.63, 3.8) is 0 Å². The van der Waals surface area contributed by atoms with E-state index in [-0.39, 0.29) is 0 Å². The molecule has 0 aromatic heterocycles. The van der Waals surface area contributed by atoms with Crippen LogP contribution in [0.5, 0.6) is 0 Å². The van der Waals surface area contributed by atoms with Crippen molar-refractivity contribution >= 4 is 0 Å².